The SMILES string of the molecule is Cc1ccc(-c2cccc(/C(N)=C(\N)C(=O)NC3CCC3)c2N)cn1. The first-order chi connectivity index (χ1) is 12.0. The summed E-state index contributed by atoms with van der Waals surface area (Å²) in [4.78, 5) is 16.5. The number of hydrogen-bond acceptors (Lipinski definition) is 5. The maximum absolute atomic E-state index is 12.2. The number of carbonyl (C=O) groups excluding carboxylic acids is 1. The van der Waals surface area contributed by atoms with Crippen molar-refractivity contribution in [2.75, 3.05) is 5.73 Å². The first-order valence-corrected chi connectivity index (χ1v) is 8.35. The molecule has 130 valence electrons. The minimum absolute atomic E-state index is 0.00205. The summed E-state index contributed by atoms with van der Waals surface area (Å²) in [5, 5.41) is 2.89. The van der Waals surface area contributed by atoms with Gasteiger partial charge in [-0.15, -0.1) is 0 Å². The Balaban J connectivity index is 1.93. The number of nitrogens with zero attached hydrogens (tertiary/aromatic N) is 1. The molecule has 1 amide bonds. The molecule has 0 bridgehead atoms. The van der Waals surface area contributed by atoms with Gasteiger partial charge >= 0.3 is 0 Å². The lowest BCUT2D eigenvalue weighted by atomic mass is 9.93. The van der Waals surface area contributed by atoms with Gasteiger partial charge in [0.2, 0.25) is 0 Å². The first-order valence-electron chi connectivity index (χ1n) is 8.35. The maximum atomic E-state index is 12.2. The Bertz CT molecular complexity index is 822. The van der Waals surface area contributed by atoms with Gasteiger partial charge in [-0.1, -0.05) is 24.3 Å². The summed E-state index contributed by atoms with van der Waals surface area (Å²) >= 11 is 0. The quantitative estimate of drug-likeness (QED) is 0.501. The molecule has 1 heterocycles. The third kappa shape index (κ3) is 3.42. The van der Waals surface area contributed by atoms with Crippen LogP contribution in [0.3, 0.4) is 0 Å². The Hall–Kier alpha value is -3.02. The van der Waals surface area contributed by atoms with Gasteiger partial charge in [-0.05, 0) is 32.3 Å². The van der Waals surface area contributed by atoms with Crippen molar-refractivity contribution in [3.05, 3.63) is 53.5 Å². The van der Waals surface area contributed by atoms with Crippen LogP contribution in [0, 0.1) is 6.92 Å². The van der Waals surface area contributed by atoms with E-state index in [1.165, 1.54) is 0 Å². The average Bonchev–Trinajstić information content (AvgIpc) is 2.58. The number of aryl methyl sites for hydroxylation is 1. The van der Waals surface area contributed by atoms with Crippen molar-refractivity contribution in [1.29, 1.82) is 0 Å². The molecule has 1 aliphatic rings. The van der Waals surface area contributed by atoms with E-state index in [0.717, 1.165) is 36.1 Å². The highest BCUT2D eigenvalue weighted by Crippen LogP contribution is 2.31. The molecule has 25 heavy (non-hydrogen) atoms. The van der Waals surface area contributed by atoms with E-state index in [1.807, 2.05) is 31.2 Å². The van der Waals surface area contributed by atoms with Crippen molar-refractivity contribution in [3.8, 4) is 11.1 Å². The fourth-order valence-corrected chi connectivity index (χ4v) is 2.76. The van der Waals surface area contributed by atoms with Gasteiger partial charge in [-0.3, -0.25) is 9.78 Å². The highest BCUT2D eigenvalue weighted by molar-refractivity contribution is 6.01. The van der Waals surface area contributed by atoms with Crippen LogP contribution in [-0.4, -0.2) is 16.9 Å². The molecule has 0 atom stereocenters. The molecular weight excluding hydrogens is 314 g/mol. The number of benzene rings is 1. The molecule has 0 aliphatic heterocycles. The van der Waals surface area contributed by atoms with E-state index in [4.69, 9.17) is 17.2 Å². The lowest BCUT2D eigenvalue weighted by molar-refractivity contribution is -0.118. The standard InChI is InChI=1S/C19H23N5O/c1-11-8-9-12(10-23-11)14-6-3-7-15(16(14)20)17(21)18(22)19(25)24-13-4-2-5-13/h3,6-10,13H,2,4-5,20-22H2,1H3,(H,24,25)/b18-17+. The lowest BCUT2D eigenvalue weighted by Crippen LogP contribution is -2.42. The van der Waals surface area contributed by atoms with Gasteiger partial charge in [-0.2, -0.15) is 0 Å². The number of anilines is 1. The minimum atomic E-state index is -0.344. The Morgan fingerprint density at radius 3 is 2.56 bits per heavy atom. The number of carbonyl (C=O) groups is 1. The number of para-hydroxylation sites is 1. The van der Waals surface area contributed by atoms with Crippen molar-refractivity contribution in [1.82, 2.24) is 10.3 Å². The molecule has 0 saturated heterocycles. The molecule has 0 radical (unpaired) electrons. The Morgan fingerprint density at radius 2 is 1.96 bits per heavy atom. The molecule has 6 nitrogen and oxygen atoms in total. The van der Waals surface area contributed by atoms with Crippen molar-refractivity contribution in [3.63, 3.8) is 0 Å². The maximum Gasteiger partial charge on any atom is 0.269 e. The molecule has 1 aliphatic carbocycles. The number of pyridine rings is 1. The summed E-state index contributed by atoms with van der Waals surface area (Å²) in [6.07, 6.45) is 4.86. The van der Waals surface area contributed by atoms with Crippen LogP contribution in [0.1, 0.15) is 30.5 Å². The highest BCUT2D eigenvalue weighted by atomic mass is 16.2. The average molecular weight is 337 g/mol. The van der Waals surface area contributed by atoms with Crippen molar-refractivity contribution in [2.24, 2.45) is 11.5 Å². The summed E-state index contributed by atoms with van der Waals surface area (Å²) in [7, 11) is 0. The second kappa shape index (κ2) is 6.84. The monoisotopic (exact) mass is 337 g/mol. The summed E-state index contributed by atoms with van der Waals surface area (Å²) in [5.41, 5.74) is 22.3. The van der Waals surface area contributed by atoms with Crippen LogP contribution in [0.5, 0.6) is 0 Å². The van der Waals surface area contributed by atoms with E-state index in [9.17, 15) is 4.79 Å². The first kappa shape index (κ1) is 16.8. The lowest BCUT2D eigenvalue weighted by Gasteiger charge is -2.26. The zero-order valence-electron chi connectivity index (χ0n) is 14.3. The summed E-state index contributed by atoms with van der Waals surface area (Å²) in [6, 6.07) is 9.56. The number of aromatic nitrogens is 1. The smallest absolute Gasteiger partial charge is 0.269 e. The second-order valence-corrected chi connectivity index (χ2v) is 6.38. The van der Waals surface area contributed by atoms with E-state index < -0.39 is 0 Å². The van der Waals surface area contributed by atoms with E-state index in [1.54, 1.807) is 12.3 Å². The fourth-order valence-electron chi connectivity index (χ4n) is 2.76. The number of nitrogen functional groups attached to an aromatic ring is 1. The van der Waals surface area contributed by atoms with Crippen LogP contribution in [-0.2, 0) is 4.79 Å². The van der Waals surface area contributed by atoms with Crippen LogP contribution < -0.4 is 22.5 Å². The van der Waals surface area contributed by atoms with Crippen molar-refractivity contribution in [2.45, 2.75) is 32.2 Å². The second-order valence-electron chi connectivity index (χ2n) is 6.38. The topological polar surface area (TPSA) is 120 Å². The van der Waals surface area contributed by atoms with E-state index in [2.05, 4.69) is 10.3 Å². The number of nitrogens with one attached hydrogen (secondary N) is 1. The number of amides is 1. The molecule has 0 spiro atoms. The van der Waals surface area contributed by atoms with E-state index in [0.29, 0.717) is 11.3 Å². The summed E-state index contributed by atoms with van der Waals surface area (Å²) in [5.74, 6) is -0.344. The number of nitrogens with two attached hydrogens (primary N) is 3. The third-order valence-corrected chi connectivity index (χ3v) is 4.59. The zero-order chi connectivity index (χ0) is 18.0. The van der Waals surface area contributed by atoms with Crippen LogP contribution in [0.25, 0.3) is 16.8 Å². The van der Waals surface area contributed by atoms with Crippen molar-refractivity contribution < 1.29 is 4.79 Å². The van der Waals surface area contributed by atoms with Gasteiger partial charge in [0.1, 0.15) is 5.70 Å². The van der Waals surface area contributed by atoms with E-state index >= 15 is 0 Å². The van der Waals surface area contributed by atoms with Crippen LogP contribution in [0.15, 0.2) is 42.2 Å². The van der Waals surface area contributed by atoms with Gasteiger partial charge in [0, 0.05) is 40.3 Å². The molecule has 0 unspecified atom stereocenters. The van der Waals surface area contributed by atoms with Gasteiger partial charge in [0.25, 0.3) is 5.91 Å². The molecule has 2 aromatic rings. The Morgan fingerprint density at radius 1 is 1.20 bits per heavy atom. The Labute approximate surface area is 147 Å². The van der Waals surface area contributed by atoms with Crippen LogP contribution >= 0.6 is 0 Å². The predicted molar refractivity (Wildman–Crippen MR) is 99.9 cm³/mol. The molecule has 1 fully saturated rings. The molecule has 1 aromatic carbocycles. The fraction of sp³-hybridized carbons (Fsp3) is 0.263. The van der Waals surface area contributed by atoms with E-state index in [-0.39, 0.29) is 23.3 Å². The predicted octanol–water partition coefficient (Wildman–Crippen LogP) is 1.89. The number of rotatable bonds is 4. The summed E-state index contributed by atoms with van der Waals surface area (Å²) in [6.45, 7) is 1.92. The molecular formula is C19H23N5O. The Kier molecular flexibility index (Phi) is 4.61. The minimum Gasteiger partial charge on any atom is -0.398 e. The molecule has 6 heteroatoms. The molecule has 3 rings (SSSR count). The molecule has 1 aromatic heterocycles. The van der Waals surface area contributed by atoms with Crippen molar-refractivity contribution >= 4 is 17.3 Å². The van der Waals surface area contributed by atoms with Crippen LogP contribution in [0.4, 0.5) is 5.69 Å². The third-order valence-electron chi connectivity index (χ3n) is 4.59. The zero-order valence-corrected chi connectivity index (χ0v) is 14.3. The van der Waals surface area contributed by atoms with Gasteiger partial charge in [0.15, 0.2) is 0 Å². The van der Waals surface area contributed by atoms with Gasteiger partial charge < -0.3 is 22.5 Å². The number of hydrogen-bond donors (Lipinski definition) is 4. The van der Waals surface area contributed by atoms with Crippen LogP contribution in [0.2, 0.25) is 0 Å². The summed E-state index contributed by atoms with van der Waals surface area (Å²) < 4.78 is 0. The van der Waals surface area contributed by atoms with Gasteiger partial charge in [0.05, 0.1) is 5.70 Å². The molecule has 7 N–H and O–H groups in total. The molecule has 1 saturated carbocycles. The normalized spacial score (nSPS) is 15.2. The van der Waals surface area contributed by atoms with Gasteiger partial charge in [-0.25, -0.2) is 0 Å². The highest BCUT2D eigenvalue weighted by Gasteiger charge is 2.22. The largest absolute Gasteiger partial charge is 0.398 e.